The third-order valence-corrected chi connectivity index (χ3v) is 9.59. The van der Waals surface area contributed by atoms with Crippen LogP contribution in [0.2, 0.25) is 0 Å². The van der Waals surface area contributed by atoms with Gasteiger partial charge in [-0.25, -0.2) is 0 Å². The van der Waals surface area contributed by atoms with Gasteiger partial charge in [-0.1, -0.05) is 0 Å². The molecule has 0 heterocycles. The molecule has 0 atom stereocenters. The van der Waals surface area contributed by atoms with Crippen LogP contribution < -0.4 is 11.8 Å². The van der Waals surface area contributed by atoms with Gasteiger partial charge in [0.25, 0.3) is 0 Å². The number of ether oxygens (including phenoxy) is 1. The standard InChI is InChI=1S/C9H7O.2C7H7.Sb/c1-3-8-4-6-9(10-2)7-5-8;2*1-7-5-3-2-4-6-7;/h4-7H,2H3;2*3-6H,1H3;. The first-order valence-electron chi connectivity index (χ1n) is 8.25. The molecule has 0 saturated carbocycles. The van der Waals surface area contributed by atoms with Gasteiger partial charge >= 0.3 is 158 Å². The summed E-state index contributed by atoms with van der Waals surface area (Å²) in [5.74, 6) is 4.26. The predicted octanol–water partition coefficient (Wildman–Crippen LogP) is 3.51. The molecule has 0 aromatic heterocycles. The molecule has 0 radical (unpaired) electrons. The Bertz CT molecular complexity index is 837. The van der Waals surface area contributed by atoms with Crippen LogP contribution in [0.5, 0.6) is 5.75 Å². The maximum absolute atomic E-state index is 5.22. The number of hydrogen-bond donors (Lipinski definition) is 0. The van der Waals surface area contributed by atoms with Gasteiger partial charge < -0.3 is 0 Å². The maximum atomic E-state index is 5.22. The van der Waals surface area contributed by atoms with E-state index in [0.717, 1.165) is 11.3 Å². The molecule has 0 aliphatic carbocycles. The van der Waals surface area contributed by atoms with Crippen molar-refractivity contribution in [2.24, 2.45) is 0 Å². The summed E-state index contributed by atoms with van der Waals surface area (Å²) in [7, 11) is 1.68. The van der Waals surface area contributed by atoms with Crippen LogP contribution in [0.15, 0.2) is 72.8 Å². The first kappa shape index (κ1) is 17.7. The molecule has 0 spiro atoms. The molecule has 0 aliphatic rings. The Balaban J connectivity index is 1.97. The zero-order valence-corrected chi connectivity index (χ0v) is 17.3. The van der Waals surface area contributed by atoms with Crippen molar-refractivity contribution in [1.82, 2.24) is 0 Å². The molecule has 0 aliphatic heterocycles. The molecule has 0 fully saturated rings. The third-order valence-electron chi connectivity index (χ3n) is 3.99. The Hall–Kier alpha value is -2.16. The van der Waals surface area contributed by atoms with E-state index in [0.29, 0.717) is 0 Å². The number of benzene rings is 3. The van der Waals surface area contributed by atoms with Gasteiger partial charge in [-0.3, -0.25) is 0 Å². The molecular formula is C23H21OSb. The van der Waals surface area contributed by atoms with Crippen LogP contribution in [-0.2, 0) is 0 Å². The number of methoxy groups -OCH3 is 1. The van der Waals surface area contributed by atoms with Crippen LogP contribution in [0.1, 0.15) is 16.7 Å². The van der Waals surface area contributed by atoms with E-state index >= 15 is 0 Å². The second kappa shape index (κ2) is 8.28. The minimum atomic E-state index is -2.10. The summed E-state index contributed by atoms with van der Waals surface area (Å²) in [4.78, 5) is 0. The first-order chi connectivity index (χ1) is 12.2. The van der Waals surface area contributed by atoms with Gasteiger partial charge in [-0.05, 0) is 0 Å². The van der Waals surface area contributed by atoms with Crippen molar-refractivity contribution in [2.45, 2.75) is 13.8 Å². The first-order valence-corrected chi connectivity index (χ1v) is 12.1. The van der Waals surface area contributed by atoms with Crippen molar-refractivity contribution in [3.05, 3.63) is 89.5 Å². The average molecular weight is 435 g/mol. The third kappa shape index (κ3) is 4.68. The SMILES string of the molecule is COc1ccc(C#[C][Sb]([c]2ccc(C)cc2)[c]2ccc(C)cc2)cc1. The zero-order valence-electron chi connectivity index (χ0n) is 14.8. The Morgan fingerprint density at radius 1 is 0.680 bits per heavy atom. The molecule has 3 aromatic rings. The van der Waals surface area contributed by atoms with E-state index in [4.69, 9.17) is 4.74 Å². The van der Waals surface area contributed by atoms with Gasteiger partial charge in [-0.15, -0.1) is 0 Å². The summed E-state index contributed by atoms with van der Waals surface area (Å²) in [5, 5.41) is 0. The van der Waals surface area contributed by atoms with Crippen molar-refractivity contribution in [3.63, 3.8) is 0 Å². The van der Waals surface area contributed by atoms with Gasteiger partial charge in [0, 0.05) is 0 Å². The van der Waals surface area contributed by atoms with Crippen LogP contribution >= 0.6 is 0 Å². The number of rotatable bonds is 3. The van der Waals surface area contributed by atoms with Crippen LogP contribution in [0.25, 0.3) is 0 Å². The fraction of sp³-hybridized carbons (Fsp3) is 0.130. The topological polar surface area (TPSA) is 9.23 Å². The summed E-state index contributed by atoms with van der Waals surface area (Å²) in [5.41, 5.74) is 3.61. The Morgan fingerprint density at radius 3 is 1.60 bits per heavy atom. The Labute approximate surface area is 157 Å². The summed E-state index contributed by atoms with van der Waals surface area (Å²) >= 11 is -2.10. The molecule has 2 heteroatoms. The van der Waals surface area contributed by atoms with E-state index < -0.39 is 20.2 Å². The van der Waals surface area contributed by atoms with E-state index in [9.17, 15) is 0 Å². The molecule has 3 rings (SSSR count). The molecule has 1 nitrogen and oxygen atoms in total. The summed E-state index contributed by atoms with van der Waals surface area (Å²) in [6, 6.07) is 25.7. The molecule has 25 heavy (non-hydrogen) atoms. The Kier molecular flexibility index (Phi) is 5.85. The van der Waals surface area contributed by atoms with Crippen molar-refractivity contribution < 1.29 is 4.74 Å². The minimum absolute atomic E-state index is 0.861. The molecule has 124 valence electrons. The molecule has 0 saturated heterocycles. The molecule has 3 aromatic carbocycles. The van der Waals surface area contributed by atoms with Crippen molar-refractivity contribution >= 4 is 27.2 Å². The van der Waals surface area contributed by atoms with E-state index in [1.807, 2.05) is 24.3 Å². The quantitative estimate of drug-likeness (QED) is 0.452. The van der Waals surface area contributed by atoms with Crippen LogP contribution in [0.3, 0.4) is 0 Å². The zero-order chi connectivity index (χ0) is 17.6. The van der Waals surface area contributed by atoms with Crippen LogP contribution in [-0.4, -0.2) is 27.3 Å². The molecule has 0 amide bonds. The van der Waals surface area contributed by atoms with E-state index in [2.05, 4.69) is 72.2 Å². The number of aryl methyl sites for hydroxylation is 2. The molecule has 0 N–H and O–H groups in total. The summed E-state index contributed by atoms with van der Waals surface area (Å²) in [6.07, 6.45) is 0. The molecular weight excluding hydrogens is 414 g/mol. The predicted molar refractivity (Wildman–Crippen MR) is 107 cm³/mol. The van der Waals surface area contributed by atoms with Crippen LogP contribution in [0.4, 0.5) is 0 Å². The van der Waals surface area contributed by atoms with E-state index in [1.54, 1.807) is 7.11 Å². The fourth-order valence-electron chi connectivity index (χ4n) is 2.46. The second-order valence-electron chi connectivity index (χ2n) is 5.97. The second-order valence-corrected chi connectivity index (χ2v) is 11.5. The van der Waals surface area contributed by atoms with Gasteiger partial charge in [0.2, 0.25) is 0 Å². The summed E-state index contributed by atoms with van der Waals surface area (Å²) in [6.45, 7) is 4.25. The van der Waals surface area contributed by atoms with E-state index in [1.165, 1.54) is 18.1 Å². The number of hydrogen-bond acceptors (Lipinski definition) is 1. The fourth-order valence-corrected chi connectivity index (χ4v) is 7.29. The van der Waals surface area contributed by atoms with Crippen molar-refractivity contribution in [1.29, 1.82) is 0 Å². The van der Waals surface area contributed by atoms with Gasteiger partial charge in [0.05, 0.1) is 0 Å². The summed E-state index contributed by atoms with van der Waals surface area (Å²) < 4.78 is 11.7. The normalized spacial score (nSPS) is 10.2. The van der Waals surface area contributed by atoms with Gasteiger partial charge in [0.1, 0.15) is 0 Å². The van der Waals surface area contributed by atoms with Crippen LogP contribution in [0, 0.1) is 23.6 Å². The van der Waals surface area contributed by atoms with Crippen molar-refractivity contribution in [2.75, 3.05) is 7.11 Å². The van der Waals surface area contributed by atoms with E-state index in [-0.39, 0.29) is 0 Å². The van der Waals surface area contributed by atoms with Gasteiger partial charge in [-0.2, -0.15) is 0 Å². The van der Waals surface area contributed by atoms with Gasteiger partial charge in [0.15, 0.2) is 0 Å². The molecule has 0 bridgehead atoms. The van der Waals surface area contributed by atoms with Crippen molar-refractivity contribution in [3.8, 4) is 15.5 Å². The average Bonchev–Trinajstić information content (AvgIpc) is 2.65. The Morgan fingerprint density at radius 2 is 1.16 bits per heavy atom. The monoisotopic (exact) mass is 434 g/mol. The molecule has 0 unspecified atom stereocenters.